The molecule has 0 aromatic carbocycles. The largest absolute Gasteiger partial charge is 0.402 e. The van der Waals surface area contributed by atoms with Gasteiger partial charge in [0.1, 0.15) is 0 Å². The molecular weight excluding hydrogens is 136 g/mol. The molecule has 1 rings (SSSR count). The smallest absolute Gasteiger partial charge is 0.00538 e. The normalized spacial score (nSPS) is 38.5. The Hall–Kier alpha value is -0.500. The lowest BCUT2D eigenvalue weighted by Crippen LogP contribution is -2.43. The Balaban J connectivity index is 2.62. The van der Waals surface area contributed by atoms with Gasteiger partial charge in [-0.2, -0.15) is 0 Å². The van der Waals surface area contributed by atoms with Gasteiger partial charge in [-0.05, 0) is 24.9 Å². The van der Waals surface area contributed by atoms with E-state index in [1.165, 1.54) is 0 Å². The molecule has 1 fully saturated rings. The fourth-order valence-corrected chi connectivity index (χ4v) is 2.08. The van der Waals surface area contributed by atoms with Crippen molar-refractivity contribution < 1.29 is 0 Å². The van der Waals surface area contributed by atoms with E-state index >= 15 is 0 Å². The summed E-state index contributed by atoms with van der Waals surface area (Å²) >= 11 is 0. The molecule has 2 heteroatoms. The molecule has 0 bridgehead atoms. The first-order chi connectivity index (χ1) is 5.13. The molecule has 3 N–H and O–H groups in total. The van der Waals surface area contributed by atoms with Crippen LogP contribution in [0.4, 0.5) is 0 Å². The Morgan fingerprint density at radius 2 is 1.82 bits per heavy atom. The van der Waals surface area contributed by atoms with E-state index < -0.39 is 0 Å². The fraction of sp³-hybridized carbons (Fsp3) is 0.778. The first-order valence-electron chi connectivity index (χ1n) is 4.28. The van der Waals surface area contributed by atoms with Crippen molar-refractivity contribution in [1.29, 1.82) is 0 Å². The molecule has 0 aromatic rings. The Kier molecular flexibility index (Phi) is 2.55. The van der Waals surface area contributed by atoms with Crippen LogP contribution in [0.3, 0.4) is 0 Å². The summed E-state index contributed by atoms with van der Waals surface area (Å²) in [6.45, 7) is 10.4. The molecule has 1 aliphatic heterocycles. The number of rotatable bonds is 1. The second kappa shape index (κ2) is 3.26. The van der Waals surface area contributed by atoms with Crippen molar-refractivity contribution in [1.82, 2.24) is 5.32 Å². The average Bonchev–Trinajstić information content (AvgIpc) is 1.85. The zero-order chi connectivity index (χ0) is 8.43. The second-order valence-electron chi connectivity index (χ2n) is 3.71. The number of piperidine rings is 1. The van der Waals surface area contributed by atoms with Gasteiger partial charge in [-0.15, -0.1) is 0 Å². The second-order valence-corrected chi connectivity index (χ2v) is 3.71. The van der Waals surface area contributed by atoms with Crippen molar-refractivity contribution in [3.05, 3.63) is 12.3 Å². The molecule has 0 radical (unpaired) electrons. The Morgan fingerprint density at radius 3 is 2.09 bits per heavy atom. The molecule has 3 atom stereocenters. The fourth-order valence-electron chi connectivity index (χ4n) is 2.08. The lowest BCUT2D eigenvalue weighted by Gasteiger charge is -2.35. The topological polar surface area (TPSA) is 38.0 Å². The first-order valence-corrected chi connectivity index (χ1v) is 4.28. The first kappa shape index (κ1) is 8.60. The SMILES string of the molecule is C=C(N)C1[C@H](C)CNC[C@@H]1C. The van der Waals surface area contributed by atoms with Crippen LogP contribution in [0.15, 0.2) is 12.3 Å². The van der Waals surface area contributed by atoms with Gasteiger partial charge >= 0.3 is 0 Å². The Bertz CT molecular complexity index is 144. The molecule has 1 aliphatic rings. The number of nitrogens with one attached hydrogen (secondary N) is 1. The maximum Gasteiger partial charge on any atom is 0.00538 e. The van der Waals surface area contributed by atoms with Crippen molar-refractivity contribution in [2.45, 2.75) is 13.8 Å². The molecule has 11 heavy (non-hydrogen) atoms. The average molecular weight is 154 g/mol. The van der Waals surface area contributed by atoms with Crippen molar-refractivity contribution in [3.63, 3.8) is 0 Å². The highest BCUT2D eigenvalue weighted by Gasteiger charge is 2.28. The van der Waals surface area contributed by atoms with Gasteiger partial charge in [0.2, 0.25) is 0 Å². The van der Waals surface area contributed by atoms with Crippen LogP contribution in [0.2, 0.25) is 0 Å². The number of hydrogen-bond donors (Lipinski definition) is 2. The van der Waals surface area contributed by atoms with E-state index in [9.17, 15) is 0 Å². The van der Waals surface area contributed by atoms with Gasteiger partial charge in [-0.3, -0.25) is 0 Å². The van der Waals surface area contributed by atoms with Crippen molar-refractivity contribution >= 4 is 0 Å². The molecule has 0 saturated carbocycles. The molecule has 2 nitrogen and oxygen atoms in total. The van der Waals surface area contributed by atoms with E-state index in [2.05, 4.69) is 25.7 Å². The maximum absolute atomic E-state index is 5.73. The standard InChI is InChI=1S/C9H18N2/c1-6-4-11-5-7(2)9(6)8(3)10/h6-7,9,11H,3-5,10H2,1-2H3/t6-,7+,9?. The highest BCUT2D eigenvalue weighted by atomic mass is 14.9. The monoisotopic (exact) mass is 154 g/mol. The molecule has 1 heterocycles. The lowest BCUT2D eigenvalue weighted by molar-refractivity contribution is 0.230. The molecular formula is C9H18N2. The van der Waals surface area contributed by atoms with Crippen LogP contribution in [-0.4, -0.2) is 13.1 Å². The van der Waals surface area contributed by atoms with Crippen LogP contribution < -0.4 is 11.1 Å². The highest BCUT2D eigenvalue weighted by Crippen LogP contribution is 2.27. The van der Waals surface area contributed by atoms with E-state index in [-0.39, 0.29) is 0 Å². The quantitative estimate of drug-likeness (QED) is 0.590. The third-order valence-electron chi connectivity index (χ3n) is 2.59. The van der Waals surface area contributed by atoms with Gasteiger partial charge in [0.05, 0.1) is 0 Å². The minimum absolute atomic E-state index is 0.510. The summed E-state index contributed by atoms with van der Waals surface area (Å²) in [6, 6.07) is 0. The van der Waals surface area contributed by atoms with Crippen LogP contribution in [0.5, 0.6) is 0 Å². The van der Waals surface area contributed by atoms with Crippen molar-refractivity contribution in [2.24, 2.45) is 23.5 Å². The predicted octanol–water partition coefficient (Wildman–Crippen LogP) is 0.950. The third kappa shape index (κ3) is 1.74. The summed E-state index contributed by atoms with van der Waals surface area (Å²) in [7, 11) is 0. The summed E-state index contributed by atoms with van der Waals surface area (Å²) < 4.78 is 0. The van der Waals surface area contributed by atoms with Crippen LogP contribution >= 0.6 is 0 Å². The van der Waals surface area contributed by atoms with E-state index in [0.717, 1.165) is 18.8 Å². The third-order valence-corrected chi connectivity index (χ3v) is 2.59. The van der Waals surface area contributed by atoms with E-state index in [4.69, 9.17) is 5.73 Å². The zero-order valence-electron chi connectivity index (χ0n) is 7.43. The van der Waals surface area contributed by atoms with E-state index in [0.29, 0.717) is 17.8 Å². The lowest BCUT2D eigenvalue weighted by atomic mass is 9.79. The van der Waals surface area contributed by atoms with E-state index in [1.807, 2.05) is 0 Å². The molecule has 64 valence electrons. The molecule has 1 saturated heterocycles. The summed E-state index contributed by atoms with van der Waals surface area (Å²) in [6.07, 6.45) is 0. The van der Waals surface area contributed by atoms with Crippen LogP contribution in [0.1, 0.15) is 13.8 Å². The van der Waals surface area contributed by atoms with Gasteiger partial charge in [-0.25, -0.2) is 0 Å². The number of nitrogens with two attached hydrogens (primary N) is 1. The molecule has 0 aliphatic carbocycles. The number of hydrogen-bond acceptors (Lipinski definition) is 2. The van der Waals surface area contributed by atoms with Gasteiger partial charge in [0.15, 0.2) is 0 Å². The molecule has 0 amide bonds. The summed E-state index contributed by atoms with van der Waals surface area (Å²) in [5.74, 6) is 1.78. The van der Waals surface area contributed by atoms with Gasteiger partial charge in [0.25, 0.3) is 0 Å². The van der Waals surface area contributed by atoms with E-state index in [1.54, 1.807) is 0 Å². The van der Waals surface area contributed by atoms with Crippen LogP contribution in [0.25, 0.3) is 0 Å². The number of allylic oxidation sites excluding steroid dienone is 1. The Morgan fingerprint density at radius 1 is 1.36 bits per heavy atom. The molecule has 1 unspecified atom stereocenters. The summed E-state index contributed by atoms with van der Waals surface area (Å²) in [5.41, 5.74) is 6.58. The predicted molar refractivity (Wildman–Crippen MR) is 48.0 cm³/mol. The maximum atomic E-state index is 5.73. The molecule has 0 aromatic heterocycles. The zero-order valence-corrected chi connectivity index (χ0v) is 7.43. The van der Waals surface area contributed by atoms with Crippen molar-refractivity contribution in [2.75, 3.05) is 13.1 Å². The molecule has 0 spiro atoms. The summed E-state index contributed by atoms with van der Waals surface area (Å²) in [4.78, 5) is 0. The van der Waals surface area contributed by atoms with Crippen LogP contribution in [0, 0.1) is 17.8 Å². The van der Waals surface area contributed by atoms with Gasteiger partial charge in [-0.1, -0.05) is 20.4 Å². The minimum Gasteiger partial charge on any atom is -0.402 e. The van der Waals surface area contributed by atoms with Gasteiger partial charge < -0.3 is 11.1 Å². The Labute approximate surface area is 68.9 Å². The van der Waals surface area contributed by atoms with Gasteiger partial charge in [0, 0.05) is 11.6 Å². The highest BCUT2D eigenvalue weighted by molar-refractivity contribution is 5.01. The van der Waals surface area contributed by atoms with Crippen molar-refractivity contribution in [3.8, 4) is 0 Å². The summed E-state index contributed by atoms with van der Waals surface area (Å²) in [5, 5.41) is 3.37. The van der Waals surface area contributed by atoms with Crippen LogP contribution in [-0.2, 0) is 0 Å². The minimum atomic E-state index is 0.510.